The lowest BCUT2D eigenvalue weighted by atomic mass is 10.0. The number of nitrogens with zero attached hydrogens (tertiary/aromatic N) is 2. The molecule has 0 bridgehead atoms. The van der Waals surface area contributed by atoms with Crippen LogP contribution in [0.3, 0.4) is 0 Å². The highest BCUT2D eigenvalue weighted by Crippen LogP contribution is 2.20. The van der Waals surface area contributed by atoms with Crippen LogP contribution in [0.15, 0.2) is 67.0 Å². The van der Waals surface area contributed by atoms with Gasteiger partial charge in [0, 0.05) is 18.0 Å². The minimum Gasteiger partial charge on any atom is -0.320 e. The van der Waals surface area contributed by atoms with Gasteiger partial charge < -0.3 is 5.32 Å². The molecule has 0 saturated heterocycles. The normalized spacial score (nSPS) is 10.7. The third-order valence-corrected chi connectivity index (χ3v) is 3.74. The number of hydrogen-bond acceptors (Lipinski definition) is 2. The molecule has 2 aromatic carbocycles. The highest BCUT2D eigenvalue weighted by molar-refractivity contribution is 6.05. The number of nitrogens with one attached hydrogen (secondary N) is 1. The molecule has 116 valence electrons. The summed E-state index contributed by atoms with van der Waals surface area (Å²) in [6.07, 6.45) is 3.56. The van der Waals surface area contributed by atoms with Crippen LogP contribution in [0.1, 0.15) is 35.7 Å². The van der Waals surface area contributed by atoms with Crippen LogP contribution in [0.2, 0.25) is 0 Å². The lowest BCUT2D eigenvalue weighted by Gasteiger charge is -2.11. The molecule has 0 aliphatic rings. The smallest absolute Gasteiger partial charge is 0.255 e. The first-order chi connectivity index (χ1) is 11.1. The highest BCUT2D eigenvalue weighted by Gasteiger charge is 2.10. The largest absolute Gasteiger partial charge is 0.320 e. The second kappa shape index (κ2) is 6.48. The van der Waals surface area contributed by atoms with Gasteiger partial charge in [0.2, 0.25) is 0 Å². The molecular formula is C19H19N3O. The first kappa shape index (κ1) is 15.0. The zero-order valence-electron chi connectivity index (χ0n) is 13.2. The third kappa shape index (κ3) is 3.31. The maximum absolute atomic E-state index is 12.5. The number of rotatable bonds is 4. The summed E-state index contributed by atoms with van der Waals surface area (Å²) in [5, 5.41) is 7.19. The minimum atomic E-state index is -0.125. The fourth-order valence-electron chi connectivity index (χ4n) is 2.40. The standard InChI is InChI=1S/C19H19N3O/c1-14(2)15-8-10-16(11-9-15)19(23)21-17-6-3-4-7-18(17)22-13-5-12-20-22/h3-14H,1-2H3,(H,21,23). The molecule has 23 heavy (non-hydrogen) atoms. The van der Waals surface area contributed by atoms with Crippen LogP contribution in [0.5, 0.6) is 0 Å². The van der Waals surface area contributed by atoms with Gasteiger partial charge >= 0.3 is 0 Å². The molecule has 3 rings (SSSR count). The van der Waals surface area contributed by atoms with Crippen molar-refractivity contribution in [1.29, 1.82) is 0 Å². The van der Waals surface area contributed by atoms with E-state index in [-0.39, 0.29) is 5.91 Å². The van der Waals surface area contributed by atoms with Gasteiger partial charge in [0.15, 0.2) is 0 Å². The molecule has 0 spiro atoms. The quantitative estimate of drug-likeness (QED) is 0.783. The SMILES string of the molecule is CC(C)c1ccc(C(=O)Nc2ccccc2-n2cccn2)cc1. The van der Waals surface area contributed by atoms with E-state index in [1.165, 1.54) is 5.56 Å². The summed E-state index contributed by atoms with van der Waals surface area (Å²) < 4.78 is 1.73. The van der Waals surface area contributed by atoms with Gasteiger partial charge in [-0.05, 0) is 41.8 Å². The molecular weight excluding hydrogens is 286 g/mol. The van der Waals surface area contributed by atoms with Gasteiger partial charge in [-0.3, -0.25) is 4.79 Å². The first-order valence-electron chi connectivity index (χ1n) is 7.65. The van der Waals surface area contributed by atoms with Gasteiger partial charge in [-0.2, -0.15) is 5.10 Å². The Kier molecular flexibility index (Phi) is 4.24. The van der Waals surface area contributed by atoms with Crippen molar-refractivity contribution in [2.45, 2.75) is 19.8 Å². The number of amides is 1. The molecule has 0 unspecified atom stereocenters. The molecule has 1 amide bonds. The van der Waals surface area contributed by atoms with E-state index in [9.17, 15) is 4.79 Å². The zero-order chi connectivity index (χ0) is 16.2. The van der Waals surface area contributed by atoms with Gasteiger partial charge in [0.05, 0.1) is 11.4 Å². The summed E-state index contributed by atoms with van der Waals surface area (Å²) in [7, 11) is 0. The van der Waals surface area contributed by atoms with Crippen molar-refractivity contribution >= 4 is 11.6 Å². The van der Waals surface area contributed by atoms with E-state index in [0.29, 0.717) is 11.5 Å². The van der Waals surface area contributed by atoms with E-state index in [1.54, 1.807) is 10.9 Å². The lowest BCUT2D eigenvalue weighted by Crippen LogP contribution is -2.14. The second-order valence-corrected chi connectivity index (χ2v) is 5.70. The van der Waals surface area contributed by atoms with Crippen molar-refractivity contribution in [3.8, 4) is 5.69 Å². The Bertz CT molecular complexity index is 790. The van der Waals surface area contributed by atoms with Crippen molar-refractivity contribution < 1.29 is 4.79 Å². The predicted molar refractivity (Wildman–Crippen MR) is 92.0 cm³/mol. The molecule has 0 atom stereocenters. The molecule has 4 heteroatoms. The van der Waals surface area contributed by atoms with Crippen molar-refractivity contribution in [3.05, 3.63) is 78.1 Å². The van der Waals surface area contributed by atoms with Gasteiger partial charge in [-0.25, -0.2) is 4.68 Å². The molecule has 0 radical (unpaired) electrons. The molecule has 0 aliphatic heterocycles. The van der Waals surface area contributed by atoms with Gasteiger partial charge in [0.25, 0.3) is 5.91 Å². The van der Waals surface area contributed by atoms with Gasteiger partial charge in [-0.15, -0.1) is 0 Å². The monoisotopic (exact) mass is 305 g/mol. The van der Waals surface area contributed by atoms with Gasteiger partial charge in [-0.1, -0.05) is 38.1 Å². The van der Waals surface area contributed by atoms with Gasteiger partial charge in [0.1, 0.15) is 0 Å². The van der Waals surface area contributed by atoms with E-state index in [0.717, 1.165) is 11.4 Å². The molecule has 1 heterocycles. The zero-order valence-corrected chi connectivity index (χ0v) is 13.2. The summed E-state index contributed by atoms with van der Waals surface area (Å²) >= 11 is 0. The van der Waals surface area contributed by atoms with E-state index < -0.39 is 0 Å². The van der Waals surface area contributed by atoms with Crippen LogP contribution in [0, 0.1) is 0 Å². The van der Waals surface area contributed by atoms with E-state index in [4.69, 9.17) is 0 Å². The molecule has 0 aliphatic carbocycles. The Labute approximate surface area is 135 Å². The van der Waals surface area contributed by atoms with Crippen molar-refractivity contribution in [2.75, 3.05) is 5.32 Å². The summed E-state index contributed by atoms with van der Waals surface area (Å²) in [4.78, 5) is 12.5. The number of para-hydroxylation sites is 2. The van der Waals surface area contributed by atoms with Crippen molar-refractivity contribution in [3.63, 3.8) is 0 Å². The summed E-state index contributed by atoms with van der Waals surface area (Å²) in [6.45, 7) is 4.27. The second-order valence-electron chi connectivity index (χ2n) is 5.70. The predicted octanol–water partition coefficient (Wildman–Crippen LogP) is 4.25. The topological polar surface area (TPSA) is 46.9 Å². The Morgan fingerprint density at radius 1 is 1.04 bits per heavy atom. The Hall–Kier alpha value is -2.88. The van der Waals surface area contributed by atoms with E-state index >= 15 is 0 Å². The first-order valence-corrected chi connectivity index (χ1v) is 7.65. The minimum absolute atomic E-state index is 0.125. The average molecular weight is 305 g/mol. The van der Waals surface area contributed by atoms with Crippen LogP contribution in [-0.4, -0.2) is 15.7 Å². The third-order valence-electron chi connectivity index (χ3n) is 3.74. The van der Waals surface area contributed by atoms with Crippen LogP contribution >= 0.6 is 0 Å². The molecule has 3 aromatic rings. The number of carbonyl (C=O) groups excluding carboxylic acids is 1. The molecule has 1 N–H and O–H groups in total. The van der Waals surface area contributed by atoms with Crippen molar-refractivity contribution in [1.82, 2.24) is 9.78 Å². The summed E-state index contributed by atoms with van der Waals surface area (Å²) in [5.74, 6) is 0.326. The summed E-state index contributed by atoms with van der Waals surface area (Å²) in [6, 6.07) is 17.2. The fourth-order valence-corrected chi connectivity index (χ4v) is 2.40. The van der Waals surface area contributed by atoms with Crippen molar-refractivity contribution in [2.24, 2.45) is 0 Å². The number of benzene rings is 2. The fraction of sp³-hybridized carbons (Fsp3) is 0.158. The Balaban J connectivity index is 1.83. The number of aromatic nitrogens is 2. The number of anilines is 1. The molecule has 4 nitrogen and oxygen atoms in total. The summed E-state index contributed by atoms with van der Waals surface area (Å²) in [5.41, 5.74) is 3.43. The van der Waals surface area contributed by atoms with Crippen LogP contribution in [0.4, 0.5) is 5.69 Å². The average Bonchev–Trinajstić information content (AvgIpc) is 3.09. The number of carbonyl (C=O) groups is 1. The van der Waals surface area contributed by atoms with E-state index in [1.807, 2.05) is 60.8 Å². The van der Waals surface area contributed by atoms with Crippen LogP contribution < -0.4 is 5.32 Å². The molecule has 0 saturated carbocycles. The lowest BCUT2D eigenvalue weighted by molar-refractivity contribution is 0.102. The maximum Gasteiger partial charge on any atom is 0.255 e. The highest BCUT2D eigenvalue weighted by atomic mass is 16.1. The molecule has 1 aromatic heterocycles. The van der Waals surface area contributed by atoms with Crippen LogP contribution in [-0.2, 0) is 0 Å². The Morgan fingerprint density at radius 3 is 2.43 bits per heavy atom. The molecule has 0 fully saturated rings. The van der Waals surface area contributed by atoms with Crippen LogP contribution in [0.25, 0.3) is 5.69 Å². The Morgan fingerprint density at radius 2 is 1.78 bits per heavy atom. The number of hydrogen-bond donors (Lipinski definition) is 1. The van der Waals surface area contributed by atoms with E-state index in [2.05, 4.69) is 24.3 Å². The maximum atomic E-state index is 12.5.